The van der Waals surface area contributed by atoms with Gasteiger partial charge in [0.05, 0.1) is 11.0 Å². The van der Waals surface area contributed by atoms with Gasteiger partial charge in [-0.2, -0.15) is 0 Å². The molecule has 1 unspecified atom stereocenters. The number of rotatable bonds is 2. The largest absolute Gasteiger partial charge is 0.390 e. The summed E-state index contributed by atoms with van der Waals surface area (Å²) in [5, 5.41) is 12.8. The van der Waals surface area contributed by atoms with Gasteiger partial charge in [0.2, 0.25) is 5.91 Å². The fourth-order valence-electron chi connectivity index (χ4n) is 2.50. The molecule has 1 aromatic carbocycles. The summed E-state index contributed by atoms with van der Waals surface area (Å²) in [7, 11) is 0. The quantitative estimate of drug-likeness (QED) is 0.799. The molecule has 86 valence electrons. The Kier molecular flexibility index (Phi) is 2.31. The SMILES string of the molecule is CC(C)(O)CC1(C)C(=O)Nc2ccccc21. The first-order valence-electron chi connectivity index (χ1n) is 5.46. The van der Waals surface area contributed by atoms with Gasteiger partial charge < -0.3 is 10.4 Å². The standard InChI is InChI=1S/C13H17NO2/c1-12(2,16)8-13(3)9-6-4-5-7-10(9)14-11(13)15/h4-7,16H,8H2,1-3H3,(H,14,15). The lowest BCUT2D eigenvalue weighted by atomic mass is 9.75. The summed E-state index contributed by atoms with van der Waals surface area (Å²) in [5.41, 5.74) is 0.347. The molecular weight excluding hydrogens is 202 g/mol. The molecule has 0 bridgehead atoms. The summed E-state index contributed by atoms with van der Waals surface area (Å²) >= 11 is 0. The Morgan fingerprint density at radius 2 is 2.00 bits per heavy atom. The van der Waals surface area contributed by atoms with Gasteiger partial charge in [-0.25, -0.2) is 0 Å². The van der Waals surface area contributed by atoms with Crippen molar-refractivity contribution >= 4 is 11.6 Å². The third-order valence-electron chi connectivity index (χ3n) is 3.06. The van der Waals surface area contributed by atoms with Gasteiger partial charge in [0.1, 0.15) is 0 Å². The third kappa shape index (κ3) is 1.71. The lowest BCUT2D eigenvalue weighted by Crippen LogP contribution is -2.38. The minimum absolute atomic E-state index is 0.0316. The fraction of sp³-hybridized carbons (Fsp3) is 0.462. The average Bonchev–Trinajstić information content (AvgIpc) is 2.37. The predicted molar refractivity (Wildman–Crippen MR) is 63.3 cm³/mol. The molecule has 1 aromatic rings. The van der Waals surface area contributed by atoms with Crippen molar-refractivity contribution in [1.82, 2.24) is 0 Å². The van der Waals surface area contributed by atoms with Gasteiger partial charge in [-0.1, -0.05) is 18.2 Å². The Morgan fingerprint density at radius 1 is 1.38 bits per heavy atom. The first kappa shape index (κ1) is 11.1. The van der Waals surface area contributed by atoms with Crippen LogP contribution in [0.1, 0.15) is 32.8 Å². The number of hydrogen-bond donors (Lipinski definition) is 2. The van der Waals surface area contributed by atoms with Gasteiger partial charge in [0, 0.05) is 5.69 Å². The molecule has 1 amide bonds. The van der Waals surface area contributed by atoms with Crippen LogP contribution in [0.3, 0.4) is 0 Å². The van der Waals surface area contributed by atoms with Crippen molar-refractivity contribution in [3.8, 4) is 0 Å². The molecule has 0 saturated carbocycles. The van der Waals surface area contributed by atoms with Crippen LogP contribution in [0.15, 0.2) is 24.3 Å². The summed E-state index contributed by atoms with van der Waals surface area (Å²) in [6.07, 6.45) is 0.419. The summed E-state index contributed by atoms with van der Waals surface area (Å²) in [6.45, 7) is 5.34. The maximum atomic E-state index is 12.0. The minimum Gasteiger partial charge on any atom is -0.390 e. The summed E-state index contributed by atoms with van der Waals surface area (Å²) in [6, 6.07) is 7.65. The van der Waals surface area contributed by atoms with Crippen LogP contribution in [0.4, 0.5) is 5.69 Å². The number of benzene rings is 1. The Balaban J connectivity index is 2.45. The number of hydrogen-bond acceptors (Lipinski definition) is 2. The molecule has 2 N–H and O–H groups in total. The number of amides is 1. The molecule has 0 radical (unpaired) electrons. The van der Waals surface area contributed by atoms with Gasteiger partial charge in [0.15, 0.2) is 0 Å². The van der Waals surface area contributed by atoms with Gasteiger partial charge in [-0.3, -0.25) is 4.79 Å². The molecule has 3 heteroatoms. The van der Waals surface area contributed by atoms with Crippen molar-refractivity contribution < 1.29 is 9.90 Å². The maximum Gasteiger partial charge on any atom is 0.234 e. The Morgan fingerprint density at radius 3 is 2.62 bits per heavy atom. The van der Waals surface area contributed by atoms with Gasteiger partial charge in [-0.15, -0.1) is 0 Å². The second kappa shape index (κ2) is 3.32. The molecule has 16 heavy (non-hydrogen) atoms. The lowest BCUT2D eigenvalue weighted by Gasteiger charge is -2.29. The number of aliphatic hydroxyl groups is 1. The minimum atomic E-state index is -0.858. The van der Waals surface area contributed by atoms with Crippen LogP contribution in [0, 0.1) is 0 Å². The lowest BCUT2D eigenvalue weighted by molar-refractivity contribution is -0.122. The van der Waals surface area contributed by atoms with E-state index < -0.39 is 11.0 Å². The van der Waals surface area contributed by atoms with Crippen molar-refractivity contribution in [2.45, 2.75) is 38.2 Å². The topological polar surface area (TPSA) is 49.3 Å². The predicted octanol–water partition coefficient (Wildman–Crippen LogP) is 2.06. The van der Waals surface area contributed by atoms with E-state index in [0.717, 1.165) is 11.3 Å². The van der Waals surface area contributed by atoms with Crippen molar-refractivity contribution in [2.75, 3.05) is 5.32 Å². The maximum absolute atomic E-state index is 12.0. The molecule has 0 aromatic heterocycles. The van der Waals surface area contributed by atoms with E-state index in [-0.39, 0.29) is 5.91 Å². The van der Waals surface area contributed by atoms with Crippen molar-refractivity contribution in [3.05, 3.63) is 29.8 Å². The van der Waals surface area contributed by atoms with Crippen LogP contribution in [0.25, 0.3) is 0 Å². The monoisotopic (exact) mass is 219 g/mol. The van der Waals surface area contributed by atoms with E-state index in [1.54, 1.807) is 13.8 Å². The Bertz CT molecular complexity index is 434. The molecule has 0 spiro atoms. The number of carbonyl (C=O) groups excluding carboxylic acids is 1. The summed E-state index contributed by atoms with van der Waals surface area (Å²) < 4.78 is 0. The number of nitrogens with one attached hydrogen (secondary N) is 1. The van der Waals surface area contributed by atoms with Crippen LogP contribution in [-0.2, 0) is 10.2 Å². The second-order valence-corrected chi connectivity index (χ2v) is 5.32. The molecule has 0 saturated heterocycles. The number of para-hydroxylation sites is 1. The molecular formula is C13H17NO2. The molecule has 1 aliphatic rings. The van der Waals surface area contributed by atoms with Crippen LogP contribution >= 0.6 is 0 Å². The zero-order valence-electron chi connectivity index (χ0n) is 9.87. The molecule has 1 aliphatic heterocycles. The molecule has 1 heterocycles. The number of carbonyl (C=O) groups is 1. The average molecular weight is 219 g/mol. The zero-order chi connectivity index (χ0) is 12.0. The van der Waals surface area contributed by atoms with Gasteiger partial charge >= 0.3 is 0 Å². The highest BCUT2D eigenvalue weighted by Crippen LogP contribution is 2.42. The Hall–Kier alpha value is -1.35. The normalized spacial score (nSPS) is 24.1. The second-order valence-electron chi connectivity index (χ2n) is 5.32. The van der Waals surface area contributed by atoms with Crippen molar-refractivity contribution in [1.29, 1.82) is 0 Å². The molecule has 1 atom stereocenters. The van der Waals surface area contributed by atoms with E-state index in [1.807, 2.05) is 31.2 Å². The van der Waals surface area contributed by atoms with Crippen molar-refractivity contribution in [3.63, 3.8) is 0 Å². The van der Waals surface area contributed by atoms with E-state index in [1.165, 1.54) is 0 Å². The van der Waals surface area contributed by atoms with Crippen molar-refractivity contribution in [2.24, 2.45) is 0 Å². The van der Waals surface area contributed by atoms with E-state index in [4.69, 9.17) is 0 Å². The zero-order valence-corrected chi connectivity index (χ0v) is 9.87. The Labute approximate surface area is 95.5 Å². The molecule has 0 aliphatic carbocycles. The molecule has 3 nitrogen and oxygen atoms in total. The smallest absolute Gasteiger partial charge is 0.234 e. The van der Waals surface area contributed by atoms with Crippen LogP contribution < -0.4 is 5.32 Å². The third-order valence-corrected chi connectivity index (χ3v) is 3.06. The van der Waals surface area contributed by atoms with E-state index >= 15 is 0 Å². The highest BCUT2D eigenvalue weighted by atomic mass is 16.3. The number of fused-ring (bicyclic) bond motifs is 1. The van der Waals surface area contributed by atoms with Crippen LogP contribution in [0.5, 0.6) is 0 Å². The van der Waals surface area contributed by atoms with E-state index in [0.29, 0.717) is 6.42 Å². The van der Waals surface area contributed by atoms with E-state index in [2.05, 4.69) is 5.32 Å². The number of anilines is 1. The highest BCUT2D eigenvalue weighted by molar-refractivity contribution is 6.05. The highest BCUT2D eigenvalue weighted by Gasteiger charge is 2.45. The molecule has 0 fully saturated rings. The first-order valence-corrected chi connectivity index (χ1v) is 5.46. The van der Waals surface area contributed by atoms with Crippen LogP contribution in [-0.4, -0.2) is 16.6 Å². The van der Waals surface area contributed by atoms with Gasteiger partial charge in [0.25, 0.3) is 0 Å². The van der Waals surface area contributed by atoms with Gasteiger partial charge in [-0.05, 0) is 38.8 Å². The fourth-order valence-corrected chi connectivity index (χ4v) is 2.50. The first-order chi connectivity index (χ1) is 7.33. The summed E-state index contributed by atoms with van der Waals surface area (Å²) in [4.78, 5) is 12.0. The van der Waals surface area contributed by atoms with Crippen LogP contribution in [0.2, 0.25) is 0 Å². The summed E-state index contributed by atoms with van der Waals surface area (Å²) in [5.74, 6) is -0.0316. The van der Waals surface area contributed by atoms with E-state index in [9.17, 15) is 9.90 Å². The molecule has 2 rings (SSSR count).